The van der Waals surface area contributed by atoms with Crippen molar-refractivity contribution < 1.29 is 9.18 Å². The Bertz CT molecular complexity index is 633. The fourth-order valence-electron chi connectivity index (χ4n) is 1.70. The topological polar surface area (TPSA) is 86.9 Å². The van der Waals surface area contributed by atoms with Gasteiger partial charge < -0.3 is 11.5 Å². The minimum Gasteiger partial charge on any atom is -0.382 e. The number of carbonyl (C=O) groups is 1. The summed E-state index contributed by atoms with van der Waals surface area (Å²) in [6.45, 7) is 3.30. The van der Waals surface area contributed by atoms with Crippen LogP contribution in [0.15, 0.2) is 30.5 Å². The van der Waals surface area contributed by atoms with Crippen molar-refractivity contribution >= 4 is 11.7 Å². The minimum atomic E-state index is -0.928. The molecule has 5 nitrogen and oxygen atoms in total. The van der Waals surface area contributed by atoms with Crippen LogP contribution in [0.5, 0.6) is 0 Å². The molecule has 0 saturated carbocycles. The molecule has 0 aliphatic heterocycles. The van der Waals surface area contributed by atoms with Gasteiger partial charge in [0.2, 0.25) is 5.91 Å². The van der Waals surface area contributed by atoms with Crippen molar-refractivity contribution in [2.75, 3.05) is 5.73 Å². The number of rotatable bonds is 3. The van der Waals surface area contributed by atoms with Crippen LogP contribution in [-0.2, 0) is 10.2 Å². The maximum atomic E-state index is 14.1. The van der Waals surface area contributed by atoms with Gasteiger partial charge in [-0.05, 0) is 31.5 Å². The number of nitrogens with two attached hydrogens (primary N) is 2. The molecule has 0 fully saturated rings. The predicted octanol–water partition coefficient (Wildman–Crippen LogP) is 1.36. The molecule has 2 rings (SSSR count). The first-order chi connectivity index (χ1) is 8.82. The quantitative estimate of drug-likeness (QED) is 0.875. The van der Waals surface area contributed by atoms with E-state index in [1.54, 1.807) is 38.2 Å². The number of halogens is 1. The lowest BCUT2D eigenvalue weighted by atomic mass is 9.84. The molecule has 1 aromatic carbocycles. The zero-order valence-corrected chi connectivity index (χ0v) is 10.7. The molecule has 1 amide bonds. The number of benzene rings is 1. The lowest BCUT2D eigenvalue weighted by Gasteiger charge is -2.21. The zero-order chi connectivity index (χ0) is 14.2. The van der Waals surface area contributed by atoms with E-state index in [1.807, 2.05) is 0 Å². The highest BCUT2D eigenvalue weighted by molar-refractivity contribution is 5.85. The number of amides is 1. The Morgan fingerprint density at radius 2 is 2.05 bits per heavy atom. The van der Waals surface area contributed by atoms with E-state index in [2.05, 4.69) is 5.10 Å². The molecule has 0 bridgehead atoms. The molecule has 100 valence electrons. The van der Waals surface area contributed by atoms with Crippen molar-refractivity contribution in [3.63, 3.8) is 0 Å². The van der Waals surface area contributed by atoms with E-state index >= 15 is 0 Å². The number of primary amides is 1. The number of carbonyl (C=O) groups excluding carboxylic acids is 1. The monoisotopic (exact) mass is 262 g/mol. The van der Waals surface area contributed by atoms with Gasteiger partial charge in [0.15, 0.2) is 0 Å². The predicted molar refractivity (Wildman–Crippen MR) is 70.2 cm³/mol. The highest BCUT2D eigenvalue weighted by Gasteiger charge is 2.28. The van der Waals surface area contributed by atoms with Gasteiger partial charge in [0.05, 0.1) is 5.41 Å². The molecule has 1 aromatic heterocycles. The van der Waals surface area contributed by atoms with Crippen molar-refractivity contribution in [1.82, 2.24) is 9.78 Å². The van der Waals surface area contributed by atoms with Gasteiger partial charge in [-0.3, -0.25) is 4.79 Å². The van der Waals surface area contributed by atoms with Gasteiger partial charge >= 0.3 is 0 Å². The van der Waals surface area contributed by atoms with Gasteiger partial charge in [-0.15, -0.1) is 0 Å². The highest BCUT2D eigenvalue weighted by atomic mass is 19.1. The fraction of sp³-hybridized carbons (Fsp3) is 0.231. The molecule has 0 atom stereocenters. The lowest BCUT2D eigenvalue weighted by molar-refractivity contribution is -0.122. The summed E-state index contributed by atoms with van der Waals surface area (Å²) in [5.41, 5.74) is 10.7. The summed E-state index contributed by atoms with van der Waals surface area (Å²) in [5.74, 6) is -0.696. The summed E-state index contributed by atoms with van der Waals surface area (Å²) in [5, 5.41) is 3.93. The van der Waals surface area contributed by atoms with Crippen molar-refractivity contribution in [1.29, 1.82) is 0 Å². The van der Waals surface area contributed by atoms with Gasteiger partial charge in [-0.1, -0.05) is 6.07 Å². The lowest BCUT2D eigenvalue weighted by Crippen LogP contribution is -2.35. The molecule has 2 aromatic rings. The van der Waals surface area contributed by atoms with Crippen LogP contribution in [0.25, 0.3) is 5.69 Å². The first-order valence-electron chi connectivity index (χ1n) is 5.74. The smallest absolute Gasteiger partial charge is 0.227 e. The van der Waals surface area contributed by atoms with Crippen molar-refractivity contribution in [3.8, 4) is 5.69 Å². The van der Waals surface area contributed by atoms with Crippen LogP contribution in [0.2, 0.25) is 0 Å². The van der Waals surface area contributed by atoms with Gasteiger partial charge in [0.25, 0.3) is 0 Å². The van der Waals surface area contributed by atoms with Crippen LogP contribution in [0.4, 0.5) is 10.2 Å². The van der Waals surface area contributed by atoms with Crippen LogP contribution in [0.1, 0.15) is 19.4 Å². The average molecular weight is 262 g/mol. The molecule has 0 aliphatic carbocycles. The van der Waals surface area contributed by atoms with Crippen LogP contribution in [-0.4, -0.2) is 15.7 Å². The summed E-state index contributed by atoms with van der Waals surface area (Å²) < 4.78 is 15.4. The third-order valence-corrected chi connectivity index (χ3v) is 3.14. The van der Waals surface area contributed by atoms with Gasteiger partial charge in [-0.25, -0.2) is 9.07 Å². The molecular formula is C13H15FN4O. The first-order valence-corrected chi connectivity index (χ1v) is 5.74. The number of nitrogens with zero attached hydrogens (tertiary/aromatic N) is 2. The standard InChI is InChI=1S/C13H15FN4O/c1-13(2,12(16)19)8-3-4-10(9(14)7-8)18-6-5-11(15)17-18/h3-7H,1-2H3,(H2,15,17)(H2,16,19). The van der Waals surface area contributed by atoms with E-state index in [0.29, 0.717) is 11.4 Å². The number of nitrogen functional groups attached to an aromatic ring is 1. The van der Waals surface area contributed by atoms with Crippen molar-refractivity contribution in [2.24, 2.45) is 5.73 Å². The van der Waals surface area contributed by atoms with E-state index in [0.717, 1.165) is 0 Å². The van der Waals surface area contributed by atoms with E-state index in [1.165, 1.54) is 10.7 Å². The van der Waals surface area contributed by atoms with Crippen LogP contribution in [0.3, 0.4) is 0 Å². The summed E-state index contributed by atoms with van der Waals surface area (Å²) in [7, 11) is 0. The maximum Gasteiger partial charge on any atom is 0.227 e. The molecule has 4 N–H and O–H groups in total. The SMILES string of the molecule is CC(C)(C(N)=O)c1ccc(-n2ccc(N)n2)c(F)c1. The molecule has 0 saturated heterocycles. The molecule has 0 radical (unpaired) electrons. The van der Waals surface area contributed by atoms with Crippen LogP contribution in [0, 0.1) is 5.82 Å². The summed E-state index contributed by atoms with van der Waals surface area (Å²) in [4.78, 5) is 11.4. The van der Waals surface area contributed by atoms with Crippen LogP contribution >= 0.6 is 0 Å². The number of hydrogen-bond acceptors (Lipinski definition) is 3. The molecule has 0 aliphatic rings. The normalized spacial score (nSPS) is 11.5. The second-order valence-electron chi connectivity index (χ2n) is 4.84. The third kappa shape index (κ3) is 2.29. The van der Waals surface area contributed by atoms with E-state index in [9.17, 15) is 9.18 Å². The largest absolute Gasteiger partial charge is 0.382 e. The van der Waals surface area contributed by atoms with E-state index in [-0.39, 0.29) is 5.69 Å². The molecule has 19 heavy (non-hydrogen) atoms. The Labute approximate surface area is 110 Å². The Hall–Kier alpha value is -2.37. The molecule has 1 heterocycles. The molecule has 0 spiro atoms. The average Bonchev–Trinajstić information content (AvgIpc) is 2.75. The second kappa shape index (κ2) is 4.38. The maximum absolute atomic E-state index is 14.1. The third-order valence-electron chi connectivity index (χ3n) is 3.14. The Balaban J connectivity index is 2.46. The Morgan fingerprint density at radius 1 is 1.37 bits per heavy atom. The Kier molecular flexibility index (Phi) is 3.01. The summed E-state index contributed by atoms with van der Waals surface area (Å²) in [6, 6.07) is 6.06. The van der Waals surface area contributed by atoms with Crippen molar-refractivity contribution in [3.05, 3.63) is 41.8 Å². The minimum absolute atomic E-state index is 0.265. The number of anilines is 1. The molecule has 0 unspecified atom stereocenters. The van der Waals surface area contributed by atoms with Gasteiger partial charge in [0.1, 0.15) is 17.3 Å². The van der Waals surface area contributed by atoms with Crippen LogP contribution < -0.4 is 11.5 Å². The zero-order valence-electron chi connectivity index (χ0n) is 10.7. The van der Waals surface area contributed by atoms with E-state index in [4.69, 9.17) is 11.5 Å². The number of hydrogen-bond donors (Lipinski definition) is 2. The fourth-order valence-corrected chi connectivity index (χ4v) is 1.70. The molecular weight excluding hydrogens is 247 g/mol. The molecule has 6 heteroatoms. The summed E-state index contributed by atoms with van der Waals surface area (Å²) in [6.07, 6.45) is 1.56. The van der Waals surface area contributed by atoms with E-state index < -0.39 is 17.1 Å². The Morgan fingerprint density at radius 3 is 2.53 bits per heavy atom. The summed E-state index contributed by atoms with van der Waals surface area (Å²) >= 11 is 0. The number of aromatic nitrogens is 2. The highest BCUT2D eigenvalue weighted by Crippen LogP contribution is 2.25. The van der Waals surface area contributed by atoms with Gasteiger partial charge in [-0.2, -0.15) is 5.10 Å². The van der Waals surface area contributed by atoms with Gasteiger partial charge in [0, 0.05) is 12.3 Å². The second-order valence-corrected chi connectivity index (χ2v) is 4.84. The van der Waals surface area contributed by atoms with Crippen molar-refractivity contribution in [2.45, 2.75) is 19.3 Å². The first kappa shape index (κ1) is 13.1.